The summed E-state index contributed by atoms with van der Waals surface area (Å²) in [6, 6.07) is 10.1. The van der Waals surface area contributed by atoms with Crippen LogP contribution in [0.4, 0.5) is 5.69 Å². The minimum absolute atomic E-state index is 0.0293. The molecule has 0 radical (unpaired) electrons. The van der Waals surface area contributed by atoms with Gasteiger partial charge in [-0.25, -0.2) is 4.79 Å². The van der Waals surface area contributed by atoms with Gasteiger partial charge >= 0.3 is 5.97 Å². The van der Waals surface area contributed by atoms with Crippen molar-refractivity contribution in [3.05, 3.63) is 98.6 Å². The number of benzene rings is 2. The van der Waals surface area contributed by atoms with Gasteiger partial charge in [0.25, 0.3) is 5.69 Å². The van der Waals surface area contributed by atoms with Crippen LogP contribution in [-0.4, -0.2) is 22.7 Å². The van der Waals surface area contributed by atoms with Gasteiger partial charge in [0.1, 0.15) is 12.7 Å². The highest BCUT2D eigenvalue weighted by Gasteiger charge is 2.20. The number of ether oxygens (including phenoxy) is 1. The van der Waals surface area contributed by atoms with E-state index in [1.54, 1.807) is 12.1 Å². The van der Waals surface area contributed by atoms with Gasteiger partial charge in [-0.15, -0.1) is 0 Å². The topological polar surface area (TPSA) is 91.0 Å². The molecule has 0 saturated carbocycles. The Balaban J connectivity index is 1.87. The van der Waals surface area contributed by atoms with Crippen LogP contribution in [0, 0.1) is 24.0 Å². The summed E-state index contributed by atoms with van der Waals surface area (Å²) in [5.41, 5.74) is 4.80. The molecule has 0 saturated heterocycles. The van der Waals surface area contributed by atoms with Crippen LogP contribution in [0.15, 0.2) is 65.9 Å². The molecule has 3 rings (SSSR count). The number of nitro benzene ring substituents is 1. The van der Waals surface area contributed by atoms with E-state index in [0.717, 1.165) is 35.1 Å². The molecule has 178 valence electrons. The van der Waals surface area contributed by atoms with Gasteiger partial charge in [-0.3, -0.25) is 10.1 Å². The lowest BCUT2D eigenvalue weighted by molar-refractivity contribution is -0.384. The third-order valence-corrected chi connectivity index (χ3v) is 5.45. The van der Waals surface area contributed by atoms with E-state index in [9.17, 15) is 14.9 Å². The summed E-state index contributed by atoms with van der Waals surface area (Å²) >= 11 is 0. The lowest BCUT2D eigenvalue weighted by Crippen LogP contribution is -2.18. The fourth-order valence-corrected chi connectivity index (χ4v) is 3.81. The number of hydrogen-bond donors (Lipinski definition) is 0. The smallest absolute Gasteiger partial charge is 0.338 e. The van der Waals surface area contributed by atoms with Crippen molar-refractivity contribution in [2.75, 3.05) is 0 Å². The number of non-ortho nitro benzene ring substituents is 1. The van der Waals surface area contributed by atoms with E-state index in [-0.39, 0.29) is 24.4 Å². The molecule has 0 fully saturated rings. The van der Waals surface area contributed by atoms with Gasteiger partial charge in [-0.05, 0) is 68.5 Å². The molecule has 0 aliphatic carbocycles. The Morgan fingerprint density at radius 2 is 1.85 bits per heavy atom. The Hall–Kier alpha value is -3.74. The number of oxime groups is 1. The number of esters is 1. The second-order valence-electron chi connectivity index (χ2n) is 8.48. The Kier molecular flexibility index (Phi) is 8.73. The van der Waals surface area contributed by atoms with Gasteiger partial charge in [-0.2, -0.15) is 0 Å². The van der Waals surface area contributed by atoms with Crippen LogP contribution < -0.4 is 0 Å². The van der Waals surface area contributed by atoms with E-state index >= 15 is 0 Å². The molecular formula is C27H30N2O5. The lowest BCUT2D eigenvalue weighted by Gasteiger charge is -2.17. The highest BCUT2D eigenvalue weighted by molar-refractivity contribution is 5.99. The molecule has 0 N–H and O–H groups in total. The zero-order valence-corrected chi connectivity index (χ0v) is 19.8. The number of rotatable bonds is 4. The molecule has 0 spiro atoms. The Morgan fingerprint density at radius 1 is 1.12 bits per heavy atom. The van der Waals surface area contributed by atoms with Crippen molar-refractivity contribution in [3.63, 3.8) is 0 Å². The predicted octanol–water partition coefficient (Wildman–Crippen LogP) is 6.17. The summed E-state index contributed by atoms with van der Waals surface area (Å²) in [5, 5.41) is 15.2. The van der Waals surface area contributed by atoms with Crippen molar-refractivity contribution in [3.8, 4) is 0 Å². The maximum absolute atomic E-state index is 13.0. The number of allylic oxidation sites excluding steroid dienone is 3. The van der Waals surface area contributed by atoms with Crippen LogP contribution in [0.2, 0.25) is 0 Å². The Morgan fingerprint density at radius 3 is 2.59 bits per heavy atom. The van der Waals surface area contributed by atoms with Crippen LogP contribution in [0.5, 0.6) is 0 Å². The zero-order chi connectivity index (χ0) is 24.5. The molecule has 0 aromatic heterocycles. The first-order valence-corrected chi connectivity index (χ1v) is 11.4. The third-order valence-electron chi connectivity index (χ3n) is 5.45. The van der Waals surface area contributed by atoms with E-state index in [4.69, 9.17) is 9.57 Å². The molecule has 34 heavy (non-hydrogen) atoms. The van der Waals surface area contributed by atoms with Crippen LogP contribution in [0.1, 0.15) is 58.8 Å². The molecule has 1 atom stereocenters. The molecule has 7 nitrogen and oxygen atoms in total. The van der Waals surface area contributed by atoms with E-state index in [2.05, 4.69) is 11.2 Å². The van der Waals surface area contributed by atoms with Crippen molar-refractivity contribution in [2.24, 2.45) is 5.16 Å². The molecular weight excluding hydrogens is 432 g/mol. The molecule has 0 amide bonds. The van der Waals surface area contributed by atoms with E-state index in [1.165, 1.54) is 12.1 Å². The molecule has 1 aliphatic rings. The van der Waals surface area contributed by atoms with E-state index in [0.29, 0.717) is 24.1 Å². The SMILES string of the molecule is Cc1cc(C)c2c(c1)CC(=NOCc1ccc([N+](=O)[O-])cc1)/C=C/CC/C=C/CC(C)OC2=O. The highest BCUT2D eigenvalue weighted by atomic mass is 16.6. The Labute approximate surface area is 199 Å². The lowest BCUT2D eigenvalue weighted by atomic mass is 9.95. The van der Waals surface area contributed by atoms with Gasteiger partial charge in [0, 0.05) is 25.0 Å². The van der Waals surface area contributed by atoms with Crippen LogP contribution >= 0.6 is 0 Å². The number of nitrogens with zero attached hydrogens (tertiary/aromatic N) is 2. The maximum Gasteiger partial charge on any atom is 0.338 e. The molecule has 7 heteroatoms. The van der Waals surface area contributed by atoms with Gasteiger partial charge in [-0.1, -0.05) is 41.1 Å². The highest BCUT2D eigenvalue weighted by Crippen LogP contribution is 2.21. The number of carbonyl (C=O) groups excluding carboxylic acids is 1. The number of hydrogen-bond acceptors (Lipinski definition) is 6. The van der Waals surface area contributed by atoms with Crippen molar-refractivity contribution in [1.29, 1.82) is 0 Å². The molecule has 2 aromatic carbocycles. The summed E-state index contributed by atoms with van der Waals surface area (Å²) in [4.78, 5) is 29.0. The van der Waals surface area contributed by atoms with Gasteiger partial charge in [0.2, 0.25) is 0 Å². The second-order valence-corrected chi connectivity index (χ2v) is 8.48. The van der Waals surface area contributed by atoms with Crippen molar-refractivity contribution >= 4 is 17.4 Å². The quantitative estimate of drug-likeness (QED) is 0.235. The summed E-state index contributed by atoms with van der Waals surface area (Å²) in [7, 11) is 0. The van der Waals surface area contributed by atoms with Crippen molar-refractivity contribution in [1.82, 2.24) is 0 Å². The average Bonchev–Trinajstić information content (AvgIpc) is 2.77. The predicted molar refractivity (Wildman–Crippen MR) is 132 cm³/mol. The van der Waals surface area contributed by atoms with E-state index in [1.807, 2.05) is 51.1 Å². The number of carbonyl (C=O) groups is 1. The first-order chi connectivity index (χ1) is 16.3. The average molecular weight is 463 g/mol. The monoisotopic (exact) mass is 462 g/mol. The minimum atomic E-state index is -0.437. The largest absolute Gasteiger partial charge is 0.459 e. The van der Waals surface area contributed by atoms with Crippen LogP contribution in [0.3, 0.4) is 0 Å². The first-order valence-electron chi connectivity index (χ1n) is 11.4. The number of aryl methyl sites for hydroxylation is 2. The van der Waals surface area contributed by atoms with Gasteiger partial charge in [0.15, 0.2) is 0 Å². The molecule has 1 unspecified atom stereocenters. The normalized spacial score (nSPS) is 20.0. The van der Waals surface area contributed by atoms with Crippen molar-refractivity contribution < 1.29 is 19.3 Å². The summed E-state index contributed by atoms with van der Waals surface area (Å²) in [6.07, 6.45) is 10.7. The molecule has 1 heterocycles. The number of cyclic esters (lactones) is 1. The number of nitro groups is 1. The van der Waals surface area contributed by atoms with E-state index < -0.39 is 4.92 Å². The maximum atomic E-state index is 13.0. The molecule has 2 aromatic rings. The third kappa shape index (κ3) is 7.13. The van der Waals surface area contributed by atoms with Crippen molar-refractivity contribution in [2.45, 2.75) is 59.2 Å². The first kappa shape index (κ1) is 24.9. The summed E-state index contributed by atoms with van der Waals surface area (Å²) in [6.45, 7) is 5.99. The fraction of sp³-hybridized carbons (Fsp3) is 0.333. The standard InChI is InChI=1S/C27H30N2O5/c1-19-15-20(2)26-23(16-19)17-24(10-8-6-4-5-7-9-21(3)34-27(26)30)28-33-18-22-11-13-25(14-12-22)29(31)32/h5,7-8,10-16,21H,4,6,9,17-18H2,1-3H3/b7-5+,10-8+,28-24?. The van der Waals surface area contributed by atoms with Crippen LogP contribution in [-0.2, 0) is 22.6 Å². The fourth-order valence-electron chi connectivity index (χ4n) is 3.81. The second kappa shape index (κ2) is 11.9. The number of fused-ring (bicyclic) bond motifs is 1. The molecule has 0 bridgehead atoms. The summed E-state index contributed by atoms with van der Waals surface area (Å²) < 4.78 is 5.72. The Bertz CT molecular complexity index is 1120. The summed E-state index contributed by atoms with van der Waals surface area (Å²) in [5.74, 6) is -0.333. The van der Waals surface area contributed by atoms with Gasteiger partial charge < -0.3 is 9.57 Å². The molecule has 1 aliphatic heterocycles. The van der Waals surface area contributed by atoms with Gasteiger partial charge in [0.05, 0.1) is 16.2 Å². The zero-order valence-electron chi connectivity index (χ0n) is 19.8. The minimum Gasteiger partial charge on any atom is -0.459 e. The van der Waals surface area contributed by atoms with Crippen LogP contribution in [0.25, 0.3) is 0 Å².